The lowest BCUT2D eigenvalue weighted by Gasteiger charge is -2.16. The third kappa shape index (κ3) is 3.10. The Morgan fingerprint density at radius 1 is 1.29 bits per heavy atom. The van der Waals surface area contributed by atoms with Crippen molar-refractivity contribution in [2.45, 2.75) is 19.0 Å². The fourth-order valence-corrected chi connectivity index (χ4v) is 4.74. The average Bonchev–Trinajstić information content (AvgIpc) is 3.39. The number of nitrogens with one attached hydrogen (secondary N) is 2. The first-order valence-corrected chi connectivity index (χ1v) is 10.1. The van der Waals surface area contributed by atoms with Crippen LogP contribution in [-0.2, 0) is 6.54 Å². The summed E-state index contributed by atoms with van der Waals surface area (Å²) in [6.07, 6.45) is 0.934. The van der Waals surface area contributed by atoms with E-state index in [1.807, 2.05) is 18.2 Å². The number of hydrogen-bond donors (Lipinski definition) is 3. The molecule has 8 heteroatoms. The van der Waals surface area contributed by atoms with Gasteiger partial charge in [-0.05, 0) is 24.1 Å². The molecular formula is C20H20N6OS. The van der Waals surface area contributed by atoms with Crippen molar-refractivity contribution in [3.8, 4) is 0 Å². The van der Waals surface area contributed by atoms with Gasteiger partial charge in [0.2, 0.25) is 0 Å². The van der Waals surface area contributed by atoms with E-state index >= 15 is 0 Å². The van der Waals surface area contributed by atoms with Gasteiger partial charge in [-0.15, -0.1) is 0 Å². The maximum Gasteiger partial charge on any atom is 0.272 e. The number of nitrogen functional groups attached to an aromatic ring is 1. The van der Waals surface area contributed by atoms with Crippen LogP contribution >= 0.6 is 11.3 Å². The number of H-pyrrole nitrogens is 1. The molecule has 2 aromatic carbocycles. The van der Waals surface area contributed by atoms with Crippen LogP contribution in [0, 0.1) is 0 Å². The molecule has 28 heavy (non-hydrogen) atoms. The van der Waals surface area contributed by atoms with E-state index in [1.54, 1.807) is 0 Å². The summed E-state index contributed by atoms with van der Waals surface area (Å²) in [6, 6.07) is 14.3. The molecule has 1 amide bonds. The number of nitrogens with two attached hydrogens (primary N) is 1. The summed E-state index contributed by atoms with van der Waals surface area (Å²) in [6.45, 7) is 2.71. The van der Waals surface area contributed by atoms with Crippen molar-refractivity contribution in [2.75, 3.05) is 18.8 Å². The summed E-state index contributed by atoms with van der Waals surface area (Å²) in [4.78, 5) is 19.6. The van der Waals surface area contributed by atoms with Gasteiger partial charge in [0.25, 0.3) is 5.91 Å². The van der Waals surface area contributed by atoms with E-state index in [4.69, 9.17) is 5.73 Å². The lowest BCUT2D eigenvalue weighted by atomic mass is 10.1. The Labute approximate surface area is 165 Å². The number of carbonyl (C=O) groups excluding carboxylic acids is 1. The minimum absolute atomic E-state index is 0.119. The third-order valence-electron chi connectivity index (χ3n) is 5.17. The van der Waals surface area contributed by atoms with Gasteiger partial charge in [-0.3, -0.25) is 14.8 Å². The lowest BCUT2D eigenvalue weighted by molar-refractivity contribution is 0.0934. The van der Waals surface area contributed by atoms with Gasteiger partial charge in [-0.2, -0.15) is 5.10 Å². The van der Waals surface area contributed by atoms with Gasteiger partial charge in [-0.25, -0.2) is 4.98 Å². The molecule has 5 rings (SSSR count). The van der Waals surface area contributed by atoms with Crippen molar-refractivity contribution < 1.29 is 4.79 Å². The van der Waals surface area contributed by atoms with E-state index in [-0.39, 0.29) is 11.9 Å². The van der Waals surface area contributed by atoms with Gasteiger partial charge in [0.15, 0.2) is 10.8 Å². The predicted molar refractivity (Wildman–Crippen MR) is 111 cm³/mol. The van der Waals surface area contributed by atoms with Crippen LogP contribution in [0.25, 0.3) is 21.1 Å². The SMILES string of the molecule is Nc1nc2ccc3[nH]nc(C(=O)NC4CCN(Cc5ccccc5)C4)c3c2s1. The number of anilines is 1. The molecule has 7 nitrogen and oxygen atoms in total. The average molecular weight is 392 g/mol. The fraction of sp³-hybridized carbons (Fsp3) is 0.250. The molecule has 0 aliphatic carbocycles. The second-order valence-corrected chi connectivity index (χ2v) is 8.17. The number of benzene rings is 2. The molecule has 4 N–H and O–H groups in total. The second-order valence-electron chi connectivity index (χ2n) is 7.14. The number of amides is 1. The summed E-state index contributed by atoms with van der Waals surface area (Å²) in [7, 11) is 0. The van der Waals surface area contributed by atoms with Crippen molar-refractivity contribution in [2.24, 2.45) is 0 Å². The quantitative estimate of drug-likeness (QED) is 0.496. The molecule has 1 fully saturated rings. The first-order chi connectivity index (χ1) is 13.7. The summed E-state index contributed by atoms with van der Waals surface area (Å²) in [5.41, 5.74) is 9.17. The zero-order valence-electron chi connectivity index (χ0n) is 15.2. The molecule has 2 aromatic heterocycles. The minimum Gasteiger partial charge on any atom is -0.375 e. The highest BCUT2D eigenvalue weighted by atomic mass is 32.1. The number of aromatic amines is 1. The molecule has 1 unspecified atom stereocenters. The van der Waals surface area contributed by atoms with Crippen LogP contribution in [0.1, 0.15) is 22.5 Å². The Bertz CT molecular complexity index is 1150. The van der Waals surface area contributed by atoms with Crippen LogP contribution in [0.2, 0.25) is 0 Å². The highest BCUT2D eigenvalue weighted by Gasteiger charge is 2.26. The van der Waals surface area contributed by atoms with E-state index in [1.165, 1.54) is 16.9 Å². The van der Waals surface area contributed by atoms with Crippen molar-refractivity contribution in [1.29, 1.82) is 0 Å². The lowest BCUT2D eigenvalue weighted by Crippen LogP contribution is -2.37. The topological polar surface area (TPSA) is 99.9 Å². The van der Waals surface area contributed by atoms with Gasteiger partial charge in [-0.1, -0.05) is 41.7 Å². The van der Waals surface area contributed by atoms with Crippen molar-refractivity contribution in [1.82, 2.24) is 25.4 Å². The summed E-state index contributed by atoms with van der Waals surface area (Å²) >= 11 is 1.38. The molecule has 3 heterocycles. The summed E-state index contributed by atoms with van der Waals surface area (Å²) in [5, 5.41) is 11.7. The van der Waals surface area contributed by atoms with Crippen molar-refractivity contribution in [3.05, 3.63) is 53.7 Å². The first kappa shape index (κ1) is 17.2. The van der Waals surface area contributed by atoms with Gasteiger partial charge in [0.05, 0.1) is 21.1 Å². The minimum atomic E-state index is -0.155. The molecule has 1 aliphatic heterocycles. The van der Waals surface area contributed by atoms with Gasteiger partial charge < -0.3 is 11.1 Å². The van der Waals surface area contributed by atoms with Crippen LogP contribution in [0.3, 0.4) is 0 Å². The fourth-order valence-electron chi connectivity index (χ4n) is 3.86. The van der Waals surface area contributed by atoms with E-state index < -0.39 is 0 Å². The Morgan fingerprint density at radius 3 is 3.00 bits per heavy atom. The van der Waals surface area contributed by atoms with Crippen LogP contribution in [0.5, 0.6) is 0 Å². The first-order valence-electron chi connectivity index (χ1n) is 9.27. The van der Waals surface area contributed by atoms with Crippen LogP contribution < -0.4 is 11.1 Å². The van der Waals surface area contributed by atoms with Gasteiger partial charge in [0, 0.05) is 25.7 Å². The number of likely N-dealkylation sites (tertiary alicyclic amines) is 1. The van der Waals surface area contributed by atoms with E-state index in [0.29, 0.717) is 10.8 Å². The zero-order valence-corrected chi connectivity index (χ0v) is 16.0. The standard InChI is InChI=1S/C20H20N6OS/c21-20-23-15-7-6-14-16(18(15)28-20)17(25-24-14)19(27)22-13-8-9-26(11-13)10-12-4-2-1-3-5-12/h1-7,13H,8-11H2,(H2,21,23)(H,22,27)(H,24,25). The van der Waals surface area contributed by atoms with Crippen LogP contribution in [0.15, 0.2) is 42.5 Å². The number of rotatable bonds is 4. The van der Waals surface area contributed by atoms with E-state index in [9.17, 15) is 4.79 Å². The second kappa shape index (κ2) is 6.88. The molecule has 1 aliphatic rings. The Morgan fingerprint density at radius 2 is 2.14 bits per heavy atom. The zero-order chi connectivity index (χ0) is 19.1. The molecule has 0 saturated carbocycles. The normalized spacial score (nSPS) is 17.5. The number of hydrogen-bond acceptors (Lipinski definition) is 6. The van der Waals surface area contributed by atoms with Gasteiger partial charge in [0.1, 0.15) is 0 Å². The van der Waals surface area contributed by atoms with E-state index in [2.05, 4.69) is 49.7 Å². The number of aromatic nitrogens is 3. The Hall–Kier alpha value is -2.97. The molecule has 0 bridgehead atoms. The number of fused-ring (bicyclic) bond motifs is 3. The van der Waals surface area contributed by atoms with Gasteiger partial charge >= 0.3 is 0 Å². The Kier molecular flexibility index (Phi) is 4.22. The Balaban J connectivity index is 1.33. The molecule has 4 aromatic rings. The van der Waals surface area contributed by atoms with Crippen LogP contribution in [0.4, 0.5) is 5.13 Å². The highest BCUT2D eigenvalue weighted by molar-refractivity contribution is 7.23. The largest absolute Gasteiger partial charge is 0.375 e. The predicted octanol–water partition coefficient (Wildman–Crippen LogP) is 2.76. The number of nitrogens with zero attached hydrogens (tertiary/aromatic N) is 3. The summed E-state index contributed by atoms with van der Waals surface area (Å²) < 4.78 is 0.894. The third-order valence-corrected chi connectivity index (χ3v) is 6.09. The van der Waals surface area contributed by atoms with Crippen LogP contribution in [-0.4, -0.2) is 45.1 Å². The maximum absolute atomic E-state index is 12.9. The smallest absolute Gasteiger partial charge is 0.272 e. The molecule has 1 saturated heterocycles. The molecule has 0 radical (unpaired) electrons. The number of thiazole rings is 1. The summed E-state index contributed by atoms with van der Waals surface area (Å²) in [5.74, 6) is -0.155. The molecule has 142 valence electrons. The maximum atomic E-state index is 12.9. The number of carbonyl (C=O) groups is 1. The molecule has 1 atom stereocenters. The van der Waals surface area contributed by atoms with E-state index in [0.717, 1.165) is 47.2 Å². The molecule has 0 spiro atoms. The monoisotopic (exact) mass is 392 g/mol. The highest BCUT2D eigenvalue weighted by Crippen LogP contribution is 2.32. The molecular weight excluding hydrogens is 372 g/mol. The van der Waals surface area contributed by atoms with Crippen molar-refractivity contribution >= 4 is 43.5 Å². The van der Waals surface area contributed by atoms with Crippen molar-refractivity contribution in [3.63, 3.8) is 0 Å².